The van der Waals surface area contributed by atoms with E-state index >= 15 is 0 Å². The standard InChI is InChI=1S/C18H17N3O3/c1-10-14(13-5-7-17(23)21-18(13)24)9-12-4-2-11(3-6-16(19)22)8-15(12)20-10/h2-4,6,8-9,13H,5,7H2,1H3,(H2,19,22)(H,21,23,24)/b6-3+. The number of amides is 3. The zero-order valence-corrected chi connectivity index (χ0v) is 13.2. The van der Waals surface area contributed by atoms with Crippen LogP contribution in [0.5, 0.6) is 0 Å². The number of benzene rings is 1. The van der Waals surface area contributed by atoms with Crippen LogP contribution < -0.4 is 11.1 Å². The van der Waals surface area contributed by atoms with Crippen LogP contribution in [0, 0.1) is 6.92 Å². The number of hydrogen-bond donors (Lipinski definition) is 2. The van der Waals surface area contributed by atoms with Gasteiger partial charge in [0, 0.05) is 23.6 Å². The van der Waals surface area contributed by atoms with Crippen LogP contribution in [-0.4, -0.2) is 22.7 Å². The highest BCUT2D eigenvalue weighted by molar-refractivity contribution is 6.01. The first-order valence-corrected chi connectivity index (χ1v) is 7.66. The van der Waals surface area contributed by atoms with E-state index in [2.05, 4.69) is 10.3 Å². The monoisotopic (exact) mass is 323 g/mol. The van der Waals surface area contributed by atoms with Crippen molar-refractivity contribution in [2.24, 2.45) is 5.73 Å². The molecule has 1 unspecified atom stereocenters. The molecule has 122 valence electrons. The fourth-order valence-corrected chi connectivity index (χ4v) is 2.92. The molecule has 0 aliphatic carbocycles. The van der Waals surface area contributed by atoms with Gasteiger partial charge in [-0.15, -0.1) is 0 Å². The number of rotatable bonds is 3. The average Bonchev–Trinajstić information content (AvgIpc) is 2.52. The highest BCUT2D eigenvalue weighted by Gasteiger charge is 2.29. The maximum atomic E-state index is 12.1. The number of nitrogens with one attached hydrogen (secondary N) is 1. The van der Waals surface area contributed by atoms with Crippen molar-refractivity contribution in [3.05, 3.63) is 47.2 Å². The predicted molar refractivity (Wildman–Crippen MR) is 89.8 cm³/mol. The van der Waals surface area contributed by atoms with E-state index in [1.807, 2.05) is 31.2 Å². The molecule has 3 N–H and O–H groups in total. The maximum Gasteiger partial charge on any atom is 0.241 e. The van der Waals surface area contributed by atoms with Crippen molar-refractivity contribution < 1.29 is 14.4 Å². The Balaban J connectivity index is 1.98. The van der Waals surface area contributed by atoms with Gasteiger partial charge in [0.1, 0.15) is 0 Å². The number of nitrogens with zero attached hydrogens (tertiary/aromatic N) is 1. The second-order valence-corrected chi connectivity index (χ2v) is 5.85. The smallest absolute Gasteiger partial charge is 0.241 e. The maximum absolute atomic E-state index is 12.1. The fourth-order valence-electron chi connectivity index (χ4n) is 2.92. The number of primary amides is 1. The number of fused-ring (bicyclic) bond motifs is 1. The van der Waals surface area contributed by atoms with Crippen molar-refractivity contribution in [1.82, 2.24) is 10.3 Å². The van der Waals surface area contributed by atoms with Crippen LogP contribution >= 0.6 is 0 Å². The first-order valence-electron chi connectivity index (χ1n) is 7.66. The van der Waals surface area contributed by atoms with Gasteiger partial charge in [-0.25, -0.2) is 0 Å². The van der Waals surface area contributed by atoms with Gasteiger partial charge in [-0.2, -0.15) is 0 Å². The van der Waals surface area contributed by atoms with Gasteiger partial charge in [0.05, 0.1) is 11.4 Å². The third-order valence-electron chi connectivity index (χ3n) is 4.13. The minimum Gasteiger partial charge on any atom is -0.366 e. The molecule has 3 rings (SSSR count). The second kappa shape index (κ2) is 6.23. The molecule has 0 spiro atoms. The van der Waals surface area contributed by atoms with Crippen LogP contribution in [0.25, 0.3) is 17.0 Å². The Labute approximate surface area is 138 Å². The van der Waals surface area contributed by atoms with E-state index in [1.54, 1.807) is 6.08 Å². The minimum atomic E-state index is -0.507. The molecule has 1 aromatic carbocycles. The summed E-state index contributed by atoms with van der Waals surface area (Å²) in [7, 11) is 0. The first-order chi connectivity index (χ1) is 11.4. The molecule has 2 heterocycles. The molecule has 1 saturated heterocycles. The molecule has 0 bridgehead atoms. The van der Waals surface area contributed by atoms with E-state index in [0.29, 0.717) is 12.8 Å². The van der Waals surface area contributed by atoms with Crippen LogP contribution in [-0.2, 0) is 14.4 Å². The third kappa shape index (κ3) is 3.17. The number of carbonyl (C=O) groups is 3. The molecule has 6 nitrogen and oxygen atoms in total. The summed E-state index contributed by atoms with van der Waals surface area (Å²) in [5, 5.41) is 3.28. The lowest BCUT2D eigenvalue weighted by molar-refractivity contribution is -0.134. The van der Waals surface area contributed by atoms with E-state index in [4.69, 9.17) is 5.73 Å². The molecule has 1 aromatic heterocycles. The van der Waals surface area contributed by atoms with E-state index in [9.17, 15) is 14.4 Å². The quantitative estimate of drug-likeness (QED) is 0.661. The Hall–Kier alpha value is -3.02. The normalized spacial score (nSPS) is 18.1. The van der Waals surface area contributed by atoms with Gasteiger partial charge in [-0.3, -0.25) is 24.7 Å². The van der Waals surface area contributed by atoms with E-state index in [-0.39, 0.29) is 17.7 Å². The van der Waals surface area contributed by atoms with E-state index in [1.165, 1.54) is 6.08 Å². The highest BCUT2D eigenvalue weighted by Crippen LogP contribution is 2.29. The molecule has 24 heavy (non-hydrogen) atoms. The van der Waals surface area contributed by atoms with Crippen LogP contribution in [0.3, 0.4) is 0 Å². The summed E-state index contributed by atoms with van der Waals surface area (Å²) in [5.41, 5.74) is 8.29. The van der Waals surface area contributed by atoms with Crippen molar-refractivity contribution in [3.63, 3.8) is 0 Å². The molecule has 1 aliphatic rings. The SMILES string of the molecule is Cc1nc2cc(/C=C/C(N)=O)ccc2cc1C1CCC(=O)NC1=O. The summed E-state index contributed by atoms with van der Waals surface area (Å²) in [6, 6.07) is 7.54. The lowest BCUT2D eigenvalue weighted by Gasteiger charge is -2.22. The van der Waals surface area contributed by atoms with Crippen LogP contribution in [0.2, 0.25) is 0 Å². The average molecular weight is 323 g/mol. The number of nitrogens with two attached hydrogens (primary N) is 1. The molecular formula is C18H17N3O3. The topological polar surface area (TPSA) is 102 Å². The summed E-state index contributed by atoms with van der Waals surface area (Å²) in [6.07, 6.45) is 3.77. The second-order valence-electron chi connectivity index (χ2n) is 5.85. The van der Waals surface area contributed by atoms with Crippen molar-refractivity contribution in [2.45, 2.75) is 25.7 Å². The Morgan fingerprint density at radius 3 is 2.83 bits per heavy atom. The number of imide groups is 1. The number of aryl methyl sites for hydroxylation is 1. The van der Waals surface area contributed by atoms with Gasteiger partial charge in [0.15, 0.2) is 0 Å². The van der Waals surface area contributed by atoms with Gasteiger partial charge >= 0.3 is 0 Å². The van der Waals surface area contributed by atoms with E-state index in [0.717, 1.165) is 27.7 Å². The Morgan fingerprint density at radius 1 is 1.33 bits per heavy atom. The van der Waals surface area contributed by atoms with Crippen molar-refractivity contribution in [3.8, 4) is 0 Å². The van der Waals surface area contributed by atoms with Gasteiger partial charge in [0.2, 0.25) is 17.7 Å². The molecule has 0 radical (unpaired) electrons. The molecule has 1 aliphatic heterocycles. The molecule has 2 aromatic rings. The lowest BCUT2D eigenvalue weighted by atomic mass is 9.89. The molecule has 1 atom stereocenters. The summed E-state index contributed by atoms with van der Waals surface area (Å²) in [5.74, 6) is -1.36. The van der Waals surface area contributed by atoms with Gasteiger partial charge < -0.3 is 5.73 Å². The summed E-state index contributed by atoms with van der Waals surface area (Å²) in [6.45, 7) is 1.85. The number of aromatic nitrogens is 1. The van der Waals surface area contributed by atoms with Gasteiger partial charge in [-0.05, 0) is 42.7 Å². The van der Waals surface area contributed by atoms with Crippen molar-refractivity contribution in [2.75, 3.05) is 0 Å². The summed E-state index contributed by atoms with van der Waals surface area (Å²) < 4.78 is 0. The highest BCUT2D eigenvalue weighted by atomic mass is 16.2. The van der Waals surface area contributed by atoms with Crippen molar-refractivity contribution in [1.29, 1.82) is 0 Å². The van der Waals surface area contributed by atoms with Crippen LogP contribution in [0.4, 0.5) is 0 Å². The van der Waals surface area contributed by atoms with Crippen LogP contribution in [0.15, 0.2) is 30.3 Å². The van der Waals surface area contributed by atoms with Gasteiger partial charge in [-0.1, -0.05) is 12.1 Å². The van der Waals surface area contributed by atoms with Crippen molar-refractivity contribution >= 4 is 34.7 Å². The Kier molecular flexibility index (Phi) is 4.12. The van der Waals surface area contributed by atoms with Gasteiger partial charge in [0.25, 0.3) is 0 Å². The molecular weight excluding hydrogens is 306 g/mol. The third-order valence-corrected chi connectivity index (χ3v) is 4.13. The summed E-state index contributed by atoms with van der Waals surface area (Å²) >= 11 is 0. The predicted octanol–water partition coefficient (Wildman–Crippen LogP) is 1.56. The largest absolute Gasteiger partial charge is 0.366 e. The zero-order chi connectivity index (χ0) is 17.3. The molecule has 1 fully saturated rings. The first kappa shape index (κ1) is 15.9. The molecule has 3 amide bonds. The Morgan fingerprint density at radius 2 is 2.12 bits per heavy atom. The zero-order valence-electron chi connectivity index (χ0n) is 13.2. The number of carbonyl (C=O) groups excluding carboxylic acids is 3. The molecule has 6 heteroatoms. The molecule has 0 saturated carbocycles. The minimum absolute atomic E-state index is 0.228. The Bertz CT molecular complexity index is 886. The number of hydrogen-bond acceptors (Lipinski definition) is 4. The van der Waals surface area contributed by atoms with Crippen LogP contribution in [0.1, 0.15) is 35.6 Å². The number of pyridine rings is 1. The fraction of sp³-hybridized carbons (Fsp3) is 0.222. The number of piperidine rings is 1. The summed E-state index contributed by atoms with van der Waals surface area (Å²) in [4.78, 5) is 38.8. The lowest BCUT2D eigenvalue weighted by Crippen LogP contribution is -2.39. The van der Waals surface area contributed by atoms with E-state index < -0.39 is 5.91 Å².